The van der Waals surface area contributed by atoms with Gasteiger partial charge in [-0.2, -0.15) is 5.10 Å². The molecule has 2 aromatic carbocycles. The summed E-state index contributed by atoms with van der Waals surface area (Å²) in [6, 6.07) is 15.9. The standard InChI is InChI=1S/C25H35N3O2S/c1-3-5-6-7-8-18-30-24-15-11-22(12-16-24)20-27-28-25(31)26-19-21-9-13-23(14-10-21)29-17-4-2/h9-16,20H,3-8,17-19H2,1-2H3,(H2,26,28,31)/b27-20+. The van der Waals surface area contributed by atoms with Crippen LogP contribution in [0.1, 0.15) is 63.5 Å². The van der Waals surface area contributed by atoms with Crippen LogP contribution in [0.2, 0.25) is 0 Å². The summed E-state index contributed by atoms with van der Waals surface area (Å²) in [4.78, 5) is 0. The number of thiocarbonyl (C=S) groups is 1. The van der Waals surface area contributed by atoms with Crippen LogP contribution < -0.4 is 20.2 Å². The Kier molecular flexibility index (Phi) is 12.1. The number of hydrazone groups is 1. The molecule has 6 heteroatoms. The van der Waals surface area contributed by atoms with E-state index in [2.05, 4.69) is 29.7 Å². The molecule has 0 fully saturated rings. The maximum Gasteiger partial charge on any atom is 0.187 e. The Morgan fingerprint density at radius 3 is 2.16 bits per heavy atom. The van der Waals surface area contributed by atoms with E-state index in [1.54, 1.807) is 6.21 Å². The number of ether oxygens (including phenoxy) is 2. The Morgan fingerprint density at radius 2 is 1.48 bits per heavy atom. The van der Waals surface area contributed by atoms with Crippen molar-refractivity contribution in [3.63, 3.8) is 0 Å². The van der Waals surface area contributed by atoms with Crippen molar-refractivity contribution in [1.29, 1.82) is 0 Å². The predicted molar refractivity (Wildman–Crippen MR) is 133 cm³/mol. The molecular weight excluding hydrogens is 406 g/mol. The zero-order chi connectivity index (χ0) is 22.2. The number of nitrogens with zero attached hydrogens (tertiary/aromatic N) is 1. The van der Waals surface area contributed by atoms with Gasteiger partial charge in [-0.1, -0.05) is 51.7 Å². The second-order valence-electron chi connectivity index (χ2n) is 7.38. The molecule has 0 atom stereocenters. The SMILES string of the molecule is CCCCCCCOc1ccc(/C=N/NC(=S)NCc2ccc(OCCC)cc2)cc1. The Hall–Kier alpha value is -2.60. The van der Waals surface area contributed by atoms with Crippen LogP contribution in [0.3, 0.4) is 0 Å². The van der Waals surface area contributed by atoms with Gasteiger partial charge in [-0.25, -0.2) is 0 Å². The van der Waals surface area contributed by atoms with Crippen molar-refractivity contribution in [3.05, 3.63) is 59.7 Å². The highest BCUT2D eigenvalue weighted by Crippen LogP contribution is 2.13. The Morgan fingerprint density at radius 1 is 0.839 bits per heavy atom. The predicted octanol–water partition coefficient (Wildman–Crippen LogP) is 5.82. The highest BCUT2D eigenvalue weighted by atomic mass is 32.1. The minimum Gasteiger partial charge on any atom is -0.494 e. The van der Waals surface area contributed by atoms with Gasteiger partial charge in [0.1, 0.15) is 11.5 Å². The van der Waals surface area contributed by atoms with Crippen LogP contribution in [-0.2, 0) is 6.54 Å². The molecule has 168 valence electrons. The van der Waals surface area contributed by atoms with Crippen LogP contribution in [0.25, 0.3) is 0 Å². The summed E-state index contributed by atoms with van der Waals surface area (Å²) >= 11 is 5.28. The van der Waals surface area contributed by atoms with Crippen molar-refractivity contribution in [2.24, 2.45) is 5.10 Å². The molecule has 2 aromatic rings. The molecule has 0 aliphatic rings. The molecule has 0 saturated carbocycles. The summed E-state index contributed by atoms with van der Waals surface area (Å²) in [5, 5.41) is 7.82. The molecular formula is C25H35N3O2S. The van der Waals surface area contributed by atoms with Gasteiger partial charge in [0.25, 0.3) is 0 Å². The minimum atomic E-state index is 0.477. The first-order valence-corrected chi connectivity index (χ1v) is 11.6. The van der Waals surface area contributed by atoms with E-state index in [9.17, 15) is 0 Å². The number of hydrogen-bond acceptors (Lipinski definition) is 4. The highest BCUT2D eigenvalue weighted by Gasteiger charge is 1.98. The molecule has 2 N–H and O–H groups in total. The topological polar surface area (TPSA) is 54.9 Å². The second kappa shape index (κ2) is 15.2. The van der Waals surface area contributed by atoms with E-state index in [0.29, 0.717) is 11.7 Å². The van der Waals surface area contributed by atoms with Gasteiger partial charge in [-0.15, -0.1) is 0 Å². The molecule has 0 amide bonds. The first-order chi connectivity index (χ1) is 15.2. The van der Waals surface area contributed by atoms with Gasteiger partial charge in [-0.3, -0.25) is 5.43 Å². The van der Waals surface area contributed by atoms with E-state index in [1.165, 1.54) is 25.7 Å². The summed E-state index contributed by atoms with van der Waals surface area (Å²) in [5.74, 6) is 1.78. The summed E-state index contributed by atoms with van der Waals surface area (Å²) in [6.45, 7) is 6.45. The molecule has 0 aliphatic heterocycles. The van der Waals surface area contributed by atoms with E-state index >= 15 is 0 Å². The molecule has 0 heterocycles. The average Bonchev–Trinajstić information content (AvgIpc) is 2.80. The van der Waals surface area contributed by atoms with Crippen molar-refractivity contribution in [2.75, 3.05) is 13.2 Å². The summed E-state index contributed by atoms with van der Waals surface area (Å²) in [7, 11) is 0. The number of unbranched alkanes of at least 4 members (excludes halogenated alkanes) is 4. The Bertz CT molecular complexity index is 776. The molecule has 31 heavy (non-hydrogen) atoms. The fourth-order valence-corrected chi connectivity index (χ4v) is 2.98. The van der Waals surface area contributed by atoms with Gasteiger partial charge < -0.3 is 14.8 Å². The van der Waals surface area contributed by atoms with Crippen molar-refractivity contribution >= 4 is 23.5 Å². The molecule has 2 rings (SSSR count). The Labute approximate surface area is 192 Å². The van der Waals surface area contributed by atoms with Gasteiger partial charge in [0, 0.05) is 6.54 Å². The van der Waals surface area contributed by atoms with Crippen LogP contribution in [0.4, 0.5) is 0 Å². The van der Waals surface area contributed by atoms with Crippen molar-refractivity contribution in [1.82, 2.24) is 10.7 Å². The van der Waals surface area contributed by atoms with E-state index in [4.69, 9.17) is 21.7 Å². The lowest BCUT2D eigenvalue weighted by Crippen LogP contribution is -2.31. The number of nitrogens with one attached hydrogen (secondary N) is 2. The smallest absolute Gasteiger partial charge is 0.187 e. The van der Waals surface area contributed by atoms with E-state index in [0.717, 1.165) is 48.7 Å². The molecule has 0 unspecified atom stereocenters. The molecule has 0 aliphatic carbocycles. The van der Waals surface area contributed by atoms with Gasteiger partial charge in [0.15, 0.2) is 5.11 Å². The third kappa shape index (κ3) is 10.8. The van der Waals surface area contributed by atoms with Gasteiger partial charge >= 0.3 is 0 Å². The number of hydrogen-bond donors (Lipinski definition) is 2. The second-order valence-corrected chi connectivity index (χ2v) is 7.79. The molecule has 0 aromatic heterocycles. The van der Waals surface area contributed by atoms with Crippen molar-refractivity contribution in [3.8, 4) is 11.5 Å². The van der Waals surface area contributed by atoms with E-state index in [1.807, 2.05) is 48.5 Å². The molecule has 0 saturated heterocycles. The number of benzene rings is 2. The lowest BCUT2D eigenvalue weighted by Gasteiger charge is -2.09. The van der Waals surface area contributed by atoms with Gasteiger partial charge in [0.05, 0.1) is 19.4 Å². The van der Waals surface area contributed by atoms with Crippen molar-refractivity contribution in [2.45, 2.75) is 58.9 Å². The molecule has 5 nitrogen and oxygen atoms in total. The summed E-state index contributed by atoms with van der Waals surface area (Å²) in [6.07, 6.45) is 8.94. The van der Waals surface area contributed by atoms with Crippen LogP contribution in [0.5, 0.6) is 11.5 Å². The number of rotatable bonds is 14. The third-order valence-electron chi connectivity index (χ3n) is 4.63. The van der Waals surface area contributed by atoms with Crippen LogP contribution in [0.15, 0.2) is 53.6 Å². The highest BCUT2D eigenvalue weighted by molar-refractivity contribution is 7.80. The lowest BCUT2D eigenvalue weighted by molar-refractivity contribution is 0.304. The van der Waals surface area contributed by atoms with Crippen LogP contribution in [0, 0.1) is 0 Å². The molecule has 0 bridgehead atoms. The van der Waals surface area contributed by atoms with E-state index in [-0.39, 0.29) is 0 Å². The first-order valence-electron chi connectivity index (χ1n) is 11.2. The first kappa shape index (κ1) is 24.7. The van der Waals surface area contributed by atoms with E-state index < -0.39 is 0 Å². The Balaban J connectivity index is 1.64. The average molecular weight is 442 g/mol. The minimum absolute atomic E-state index is 0.477. The summed E-state index contributed by atoms with van der Waals surface area (Å²) in [5.41, 5.74) is 4.95. The quantitative estimate of drug-likeness (QED) is 0.167. The zero-order valence-electron chi connectivity index (χ0n) is 18.7. The maximum absolute atomic E-state index is 5.79. The van der Waals surface area contributed by atoms with Crippen LogP contribution >= 0.6 is 12.2 Å². The fourth-order valence-electron chi connectivity index (χ4n) is 2.86. The zero-order valence-corrected chi connectivity index (χ0v) is 19.5. The largest absolute Gasteiger partial charge is 0.494 e. The third-order valence-corrected chi connectivity index (χ3v) is 4.86. The fraction of sp³-hybridized carbons (Fsp3) is 0.440. The van der Waals surface area contributed by atoms with Gasteiger partial charge in [0.2, 0.25) is 0 Å². The monoisotopic (exact) mass is 441 g/mol. The van der Waals surface area contributed by atoms with Crippen molar-refractivity contribution < 1.29 is 9.47 Å². The van der Waals surface area contributed by atoms with Gasteiger partial charge in [-0.05, 0) is 72.6 Å². The molecule has 0 radical (unpaired) electrons. The summed E-state index contributed by atoms with van der Waals surface area (Å²) < 4.78 is 11.4. The lowest BCUT2D eigenvalue weighted by atomic mass is 10.2. The maximum atomic E-state index is 5.79. The normalized spacial score (nSPS) is 10.8. The molecule has 0 spiro atoms. The van der Waals surface area contributed by atoms with Crippen LogP contribution in [-0.4, -0.2) is 24.5 Å².